The van der Waals surface area contributed by atoms with Crippen LogP contribution in [0.1, 0.15) is 12.3 Å². The number of halogens is 1. The van der Waals surface area contributed by atoms with Crippen molar-refractivity contribution in [2.45, 2.75) is 13.0 Å². The van der Waals surface area contributed by atoms with Crippen LogP contribution in [-0.4, -0.2) is 39.2 Å². The average molecular weight is 291 g/mol. The minimum absolute atomic E-state index is 0.320. The molecule has 0 spiro atoms. The minimum atomic E-state index is -0.768. The quantitative estimate of drug-likeness (QED) is 0.925. The topological polar surface area (TPSA) is 79.5 Å². The SMILES string of the molecule is O=C(O)C1CCN(Cc2nc(-c3ccc(F)cc3)no2)C1. The smallest absolute Gasteiger partial charge is 0.307 e. The lowest BCUT2D eigenvalue weighted by Crippen LogP contribution is -2.22. The number of carbonyl (C=O) groups is 1. The number of nitrogens with zero attached hydrogens (tertiary/aromatic N) is 3. The molecular weight excluding hydrogens is 277 g/mol. The molecule has 1 aliphatic heterocycles. The van der Waals surface area contributed by atoms with E-state index in [9.17, 15) is 9.18 Å². The first-order chi connectivity index (χ1) is 10.1. The number of aromatic nitrogens is 2. The number of rotatable bonds is 4. The molecule has 1 saturated heterocycles. The van der Waals surface area contributed by atoms with E-state index in [-0.39, 0.29) is 11.7 Å². The van der Waals surface area contributed by atoms with Gasteiger partial charge in [0.05, 0.1) is 12.5 Å². The van der Waals surface area contributed by atoms with Crippen molar-refractivity contribution >= 4 is 5.97 Å². The molecule has 3 rings (SSSR count). The van der Waals surface area contributed by atoms with Crippen LogP contribution in [0.5, 0.6) is 0 Å². The molecular formula is C14H14FN3O3. The molecule has 110 valence electrons. The maximum atomic E-state index is 12.9. The van der Waals surface area contributed by atoms with Crippen molar-refractivity contribution in [1.29, 1.82) is 0 Å². The van der Waals surface area contributed by atoms with Crippen molar-refractivity contribution in [1.82, 2.24) is 15.0 Å². The number of likely N-dealkylation sites (tertiary alicyclic amines) is 1. The van der Waals surface area contributed by atoms with Gasteiger partial charge in [-0.1, -0.05) is 5.16 Å². The number of carboxylic acid groups (broad SMARTS) is 1. The predicted octanol–water partition coefficient (Wildman–Crippen LogP) is 1.78. The van der Waals surface area contributed by atoms with Crippen LogP contribution in [0, 0.1) is 11.7 Å². The number of aliphatic carboxylic acids is 1. The molecule has 0 aliphatic carbocycles. The van der Waals surface area contributed by atoms with Crippen LogP contribution in [0.3, 0.4) is 0 Å². The first-order valence-corrected chi connectivity index (χ1v) is 6.65. The van der Waals surface area contributed by atoms with Crippen LogP contribution in [0.2, 0.25) is 0 Å². The monoisotopic (exact) mass is 291 g/mol. The molecule has 1 aromatic heterocycles. The number of carboxylic acids is 1. The lowest BCUT2D eigenvalue weighted by Gasteiger charge is -2.11. The van der Waals surface area contributed by atoms with Crippen LogP contribution in [0.25, 0.3) is 11.4 Å². The van der Waals surface area contributed by atoms with Gasteiger partial charge in [-0.2, -0.15) is 4.98 Å². The highest BCUT2D eigenvalue weighted by atomic mass is 19.1. The van der Waals surface area contributed by atoms with Crippen LogP contribution < -0.4 is 0 Å². The Balaban J connectivity index is 1.66. The van der Waals surface area contributed by atoms with E-state index in [0.29, 0.717) is 43.3 Å². The lowest BCUT2D eigenvalue weighted by atomic mass is 10.1. The summed E-state index contributed by atoms with van der Waals surface area (Å²) < 4.78 is 18.0. The summed E-state index contributed by atoms with van der Waals surface area (Å²) in [5.41, 5.74) is 0.677. The first kappa shape index (κ1) is 13.7. The molecule has 21 heavy (non-hydrogen) atoms. The van der Waals surface area contributed by atoms with Crippen molar-refractivity contribution in [3.05, 3.63) is 36.0 Å². The molecule has 6 nitrogen and oxygen atoms in total. The summed E-state index contributed by atoms with van der Waals surface area (Å²) in [5, 5.41) is 12.8. The Labute approximate surface area is 120 Å². The summed E-state index contributed by atoms with van der Waals surface area (Å²) in [6.45, 7) is 1.62. The highest BCUT2D eigenvalue weighted by Gasteiger charge is 2.28. The highest BCUT2D eigenvalue weighted by Crippen LogP contribution is 2.20. The van der Waals surface area contributed by atoms with E-state index < -0.39 is 5.97 Å². The summed E-state index contributed by atoms with van der Waals surface area (Å²) in [4.78, 5) is 17.1. The number of hydrogen-bond acceptors (Lipinski definition) is 5. The van der Waals surface area contributed by atoms with Gasteiger partial charge in [-0.3, -0.25) is 9.69 Å². The van der Waals surface area contributed by atoms with Crippen LogP contribution in [-0.2, 0) is 11.3 Å². The highest BCUT2D eigenvalue weighted by molar-refractivity contribution is 5.70. The fourth-order valence-electron chi connectivity index (χ4n) is 2.40. The van der Waals surface area contributed by atoms with E-state index in [4.69, 9.17) is 9.63 Å². The zero-order valence-electron chi connectivity index (χ0n) is 11.2. The number of hydrogen-bond donors (Lipinski definition) is 1. The summed E-state index contributed by atoms with van der Waals surface area (Å²) in [7, 11) is 0. The Morgan fingerprint density at radius 1 is 1.43 bits per heavy atom. The molecule has 2 aromatic rings. The van der Waals surface area contributed by atoms with Gasteiger partial charge in [0.25, 0.3) is 0 Å². The molecule has 0 bridgehead atoms. The third-order valence-corrected chi connectivity index (χ3v) is 3.55. The maximum Gasteiger partial charge on any atom is 0.307 e. The molecule has 1 aliphatic rings. The molecule has 1 fully saturated rings. The second-order valence-corrected chi connectivity index (χ2v) is 5.08. The van der Waals surface area contributed by atoms with Crippen LogP contribution >= 0.6 is 0 Å². The number of benzene rings is 1. The van der Waals surface area contributed by atoms with Crippen LogP contribution in [0.15, 0.2) is 28.8 Å². The van der Waals surface area contributed by atoms with Gasteiger partial charge in [0.15, 0.2) is 0 Å². The van der Waals surface area contributed by atoms with Crippen molar-refractivity contribution < 1.29 is 18.8 Å². The van der Waals surface area contributed by atoms with Crippen molar-refractivity contribution in [3.63, 3.8) is 0 Å². The fraction of sp³-hybridized carbons (Fsp3) is 0.357. The Morgan fingerprint density at radius 3 is 2.86 bits per heavy atom. The van der Waals surface area contributed by atoms with Gasteiger partial charge in [-0.15, -0.1) is 0 Å². The largest absolute Gasteiger partial charge is 0.481 e. The summed E-state index contributed by atoms with van der Waals surface area (Å²) in [5.74, 6) is -0.585. The van der Waals surface area contributed by atoms with Crippen molar-refractivity contribution in [2.75, 3.05) is 13.1 Å². The summed E-state index contributed by atoms with van der Waals surface area (Å²) >= 11 is 0. The second kappa shape index (κ2) is 5.61. The molecule has 1 atom stereocenters. The summed E-state index contributed by atoms with van der Waals surface area (Å²) in [6.07, 6.45) is 0.633. The molecule has 1 unspecified atom stereocenters. The second-order valence-electron chi connectivity index (χ2n) is 5.08. The van der Waals surface area contributed by atoms with E-state index in [1.54, 1.807) is 12.1 Å². The molecule has 0 saturated carbocycles. The van der Waals surface area contributed by atoms with E-state index in [1.165, 1.54) is 12.1 Å². The zero-order valence-corrected chi connectivity index (χ0v) is 11.2. The standard InChI is InChI=1S/C14H14FN3O3/c15-11-3-1-9(2-4-11)13-16-12(21-17-13)8-18-6-5-10(7-18)14(19)20/h1-4,10H,5-8H2,(H,19,20). The van der Waals surface area contributed by atoms with Gasteiger partial charge in [-0.05, 0) is 37.2 Å². The summed E-state index contributed by atoms with van der Waals surface area (Å²) in [6, 6.07) is 5.84. The Hall–Kier alpha value is -2.28. The van der Waals surface area contributed by atoms with Gasteiger partial charge in [0.1, 0.15) is 5.82 Å². The van der Waals surface area contributed by atoms with Gasteiger partial charge in [-0.25, -0.2) is 4.39 Å². The molecule has 0 amide bonds. The van der Waals surface area contributed by atoms with E-state index in [2.05, 4.69) is 10.1 Å². The third-order valence-electron chi connectivity index (χ3n) is 3.55. The van der Waals surface area contributed by atoms with Gasteiger partial charge >= 0.3 is 5.97 Å². The minimum Gasteiger partial charge on any atom is -0.481 e. The van der Waals surface area contributed by atoms with Crippen molar-refractivity contribution in [2.24, 2.45) is 5.92 Å². The Bertz CT molecular complexity index is 641. The van der Waals surface area contributed by atoms with E-state index >= 15 is 0 Å². The van der Waals surface area contributed by atoms with E-state index in [1.807, 2.05) is 4.90 Å². The molecule has 0 radical (unpaired) electrons. The van der Waals surface area contributed by atoms with Gasteiger partial charge in [0, 0.05) is 12.1 Å². The van der Waals surface area contributed by atoms with Crippen molar-refractivity contribution in [3.8, 4) is 11.4 Å². The molecule has 1 N–H and O–H groups in total. The van der Waals surface area contributed by atoms with Crippen LogP contribution in [0.4, 0.5) is 4.39 Å². The molecule has 7 heteroatoms. The first-order valence-electron chi connectivity index (χ1n) is 6.65. The normalized spacial score (nSPS) is 19.0. The fourth-order valence-corrected chi connectivity index (χ4v) is 2.40. The maximum absolute atomic E-state index is 12.9. The van der Waals surface area contributed by atoms with Gasteiger partial charge < -0.3 is 9.63 Å². The van der Waals surface area contributed by atoms with Gasteiger partial charge in [0.2, 0.25) is 11.7 Å². The average Bonchev–Trinajstić information content (AvgIpc) is 3.10. The van der Waals surface area contributed by atoms with E-state index in [0.717, 1.165) is 0 Å². The lowest BCUT2D eigenvalue weighted by molar-refractivity contribution is -0.141. The molecule has 2 heterocycles. The third kappa shape index (κ3) is 3.08. The Morgan fingerprint density at radius 2 is 2.19 bits per heavy atom. The molecule has 1 aromatic carbocycles. The predicted molar refractivity (Wildman–Crippen MR) is 70.7 cm³/mol. The Kier molecular flexibility index (Phi) is 3.66. The zero-order chi connectivity index (χ0) is 14.8.